The Labute approximate surface area is 182 Å². The molecular weight excluding hydrogens is 392 g/mol. The number of aromatic nitrogens is 1. The van der Waals surface area contributed by atoms with E-state index >= 15 is 0 Å². The highest BCUT2D eigenvalue weighted by molar-refractivity contribution is 6.04. The normalized spacial score (nSPS) is 20.5. The number of fused-ring (bicyclic) bond motifs is 1. The van der Waals surface area contributed by atoms with Gasteiger partial charge in [-0.25, -0.2) is 4.79 Å². The average Bonchev–Trinajstić information content (AvgIpc) is 3.27. The lowest BCUT2D eigenvalue weighted by molar-refractivity contribution is -0.127. The van der Waals surface area contributed by atoms with E-state index in [1.54, 1.807) is 0 Å². The minimum Gasteiger partial charge on any atom is -0.361 e. The summed E-state index contributed by atoms with van der Waals surface area (Å²) in [5, 5.41) is 6.98. The zero-order valence-electron chi connectivity index (χ0n) is 18.0. The Hall–Kier alpha value is -2.83. The molecule has 1 aliphatic heterocycles. The number of rotatable bonds is 7. The predicted octanol–water partition coefficient (Wildman–Crippen LogP) is 3.64. The molecule has 0 spiro atoms. The number of aromatic amines is 1. The number of amides is 4. The first-order chi connectivity index (χ1) is 15.1. The molecule has 4 amide bonds. The van der Waals surface area contributed by atoms with Crippen LogP contribution in [0.1, 0.15) is 63.4 Å². The first-order valence-corrected chi connectivity index (χ1v) is 11.6. The van der Waals surface area contributed by atoms with Gasteiger partial charge in [0.2, 0.25) is 5.91 Å². The summed E-state index contributed by atoms with van der Waals surface area (Å²) in [6.45, 7) is 0.331. The second kappa shape index (κ2) is 9.98. The standard InChI is InChI=1S/C24H32N4O3/c29-22(26-18-8-4-2-1-3-5-9-18)13-12-21-23(30)28(24(31)27-21)15-14-17-16-25-20-11-7-6-10-19(17)20/h6-7,10-11,16,18,21,25H,1-5,8-9,12-15H2,(H,26,29)(H,27,31). The minimum absolute atomic E-state index is 0.0233. The molecule has 1 aliphatic carbocycles. The molecule has 166 valence electrons. The number of urea groups is 1. The maximum atomic E-state index is 12.7. The lowest BCUT2D eigenvalue weighted by Gasteiger charge is -2.21. The van der Waals surface area contributed by atoms with Gasteiger partial charge in [-0.1, -0.05) is 50.3 Å². The van der Waals surface area contributed by atoms with Gasteiger partial charge in [-0.3, -0.25) is 14.5 Å². The van der Waals surface area contributed by atoms with Crippen molar-refractivity contribution in [2.75, 3.05) is 6.54 Å². The van der Waals surface area contributed by atoms with Gasteiger partial charge >= 0.3 is 6.03 Å². The summed E-state index contributed by atoms with van der Waals surface area (Å²) in [6.07, 6.45) is 11.3. The van der Waals surface area contributed by atoms with Crippen LogP contribution >= 0.6 is 0 Å². The molecule has 1 saturated carbocycles. The number of benzene rings is 1. The monoisotopic (exact) mass is 424 g/mol. The van der Waals surface area contributed by atoms with Crippen LogP contribution in [-0.2, 0) is 16.0 Å². The predicted molar refractivity (Wildman–Crippen MR) is 120 cm³/mol. The Bertz CT molecular complexity index is 930. The molecule has 1 unspecified atom stereocenters. The van der Waals surface area contributed by atoms with E-state index in [0.29, 0.717) is 19.4 Å². The van der Waals surface area contributed by atoms with E-state index in [2.05, 4.69) is 15.6 Å². The lowest BCUT2D eigenvalue weighted by Crippen LogP contribution is -2.37. The van der Waals surface area contributed by atoms with Gasteiger partial charge in [-0.05, 0) is 37.3 Å². The molecule has 1 aromatic heterocycles. The highest BCUT2D eigenvalue weighted by atomic mass is 16.2. The van der Waals surface area contributed by atoms with Gasteiger partial charge in [0, 0.05) is 36.1 Å². The second-order valence-corrected chi connectivity index (χ2v) is 8.75. The number of nitrogens with zero attached hydrogens (tertiary/aromatic N) is 1. The van der Waals surface area contributed by atoms with Crippen LogP contribution in [0.3, 0.4) is 0 Å². The second-order valence-electron chi connectivity index (χ2n) is 8.75. The molecule has 4 rings (SSSR count). The van der Waals surface area contributed by atoms with E-state index in [4.69, 9.17) is 0 Å². The Balaban J connectivity index is 1.25. The van der Waals surface area contributed by atoms with E-state index in [0.717, 1.165) is 42.1 Å². The molecule has 0 radical (unpaired) electrons. The summed E-state index contributed by atoms with van der Waals surface area (Å²) < 4.78 is 0. The maximum absolute atomic E-state index is 12.7. The number of hydrogen-bond acceptors (Lipinski definition) is 3. The smallest absolute Gasteiger partial charge is 0.324 e. The van der Waals surface area contributed by atoms with Crippen molar-refractivity contribution in [2.24, 2.45) is 0 Å². The third kappa shape index (κ3) is 5.27. The van der Waals surface area contributed by atoms with Crippen LogP contribution in [0.2, 0.25) is 0 Å². The number of carbonyl (C=O) groups is 3. The third-order valence-electron chi connectivity index (χ3n) is 6.52. The summed E-state index contributed by atoms with van der Waals surface area (Å²) in [6, 6.07) is 7.25. The zero-order valence-corrected chi connectivity index (χ0v) is 18.0. The van der Waals surface area contributed by atoms with E-state index in [9.17, 15) is 14.4 Å². The van der Waals surface area contributed by atoms with Gasteiger partial charge < -0.3 is 15.6 Å². The molecule has 31 heavy (non-hydrogen) atoms. The number of carbonyl (C=O) groups excluding carboxylic acids is 3. The average molecular weight is 425 g/mol. The number of imide groups is 1. The number of H-pyrrole nitrogens is 1. The fraction of sp³-hybridized carbons (Fsp3) is 0.542. The first kappa shape index (κ1) is 21.4. The van der Waals surface area contributed by atoms with Gasteiger partial charge in [-0.2, -0.15) is 0 Å². The third-order valence-corrected chi connectivity index (χ3v) is 6.52. The number of hydrogen-bond donors (Lipinski definition) is 3. The van der Waals surface area contributed by atoms with E-state index in [1.807, 2.05) is 30.5 Å². The van der Waals surface area contributed by atoms with Crippen molar-refractivity contribution in [3.05, 3.63) is 36.0 Å². The molecule has 1 aromatic carbocycles. The molecule has 1 saturated heterocycles. The molecule has 2 fully saturated rings. The van der Waals surface area contributed by atoms with Gasteiger partial charge in [0.1, 0.15) is 6.04 Å². The topological polar surface area (TPSA) is 94.3 Å². The first-order valence-electron chi connectivity index (χ1n) is 11.6. The fourth-order valence-corrected chi connectivity index (χ4v) is 4.73. The SMILES string of the molecule is O=C(CCC1NC(=O)N(CCc2c[nH]c3ccccc23)C1=O)NC1CCCCCCC1. The van der Waals surface area contributed by atoms with E-state index < -0.39 is 6.04 Å². The minimum atomic E-state index is -0.612. The number of para-hydroxylation sites is 1. The molecular formula is C24H32N4O3. The highest BCUT2D eigenvalue weighted by Crippen LogP contribution is 2.20. The quantitative estimate of drug-likeness (QED) is 0.592. The van der Waals surface area contributed by atoms with Crippen molar-refractivity contribution < 1.29 is 14.4 Å². The van der Waals surface area contributed by atoms with E-state index in [1.165, 1.54) is 24.2 Å². The van der Waals surface area contributed by atoms with Crippen LogP contribution in [0.25, 0.3) is 10.9 Å². The summed E-state index contributed by atoms with van der Waals surface area (Å²) in [4.78, 5) is 42.0. The molecule has 2 aliphatic rings. The maximum Gasteiger partial charge on any atom is 0.324 e. The number of nitrogens with one attached hydrogen (secondary N) is 3. The van der Waals surface area contributed by atoms with Gasteiger partial charge in [0.25, 0.3) is 5.91 Å². The zero-order chi connectivity index (χ0) is 21.6. The Morgan fingerprint density at radius 3 is 2.61 bits per heavy atom. The molecule has 2 heterocycles. The van der Waals surface area contributed by atoms with Crippen molar-refractivity contribution in [3.63, 3.8) is 0 Å². The van der Waals surface area contributed by atoms with Crippen LogP contribution in [0.4, 0.5) is 4.79 Å². The summed E-state index contributed by atoms with van der Waals surface area (Å²) in [5.74, 6) is -0.256. The fourth-order valence-electron chi connectivity index (χ4n) is 4.73. The van der Waals surface area contributed by atoms with Gasteiger partial charge in [0.15, 0.2) is 0 Å². The van der Waals surface area contributed by atoms with Crippen molar-refractivity contribution >= 4 is 28.7 Å². The van der Waals surface area contributed by atoms with Crippen molar-refractivity contribution in [3.8, 4) is 0 Å². The van der Waals surface area contributed by atoms with Crippen LogP contribution in [-0.4, -0.2) is 46.4 Å². The molecule has 1 atom stereocenters. The molecule has 3 N–H and O–H groups in total. The summed E-state index contributed by atoms with van der Waals surface area (Å²) in [7, 11) is 0. The van der Waals surface area contributed by atoms with Crippen LogP contribution in [0.5, 0.6) is 0 Å². The van der Waals surface area contributed by atoms with Crippen LogP contribution < -0.4 is 10.6 Å². The summed E-state index contributed by atoms with van der Waals surface area (Å²) in [5.41, 5.74) is 2.13. The van der Waals surface area contributed by atoms with Crippen LogP contribution in [0, 0.1) is 0 Å². The molecule has 7 nitrogen and oxygen atoms in total. The van der Waals surface area contributed by atoms with Crippen molar-refractivity contribution in [2.45, 2.75) is 76.3 Å². The molecule has 7 heteroatoms. The van der Waals surface area contributed by atoms with Crippen LogP contribution in [0.15, 0.2) is 30.5 Å². The van der Waals surface area contributed by atoms with Gasteiger partial charge in [-0.15, -0.1) is 0 Å². The summed E-state index contributed by atoms with van der Waals surface area (Å²) >= 11 is 0. The molecule has 0 bridgehead atoms. The Kier molecular flexibility index (Phi) is 6.89. The van der Waals surface area contributed by atoms with Crippen molar-refractivity contribution in [1.29, 1.82) is 0 Å². The Morgan fingerprint density at radius 1 is 1.06 bits per heavy atom. The Morgan fingerprint density at radius 2 is 1.81 bits per heavy atom. The van der Waals surface area contributed by atoms with Gasteiger partial charge in [0.05, 0.1) is 0 Å². The lowest BCUT2D eigenvalue weighted by atomic mass is 9.96. The molecule has 2 aromatic rings. The van der Waals surface area contributed by atoms with E-state index in [-0.39, 0.29) is 30.3 Å². The van der Waals surface area contributed by atoms with Crippen molar-refractivity contribution in [1.82, 2.24) is 20.5 Å². The largest absolute Gasteiger partial charge is 0.361 e. The highest BCUT2D eigenvalue weighted by Gasteiger charge is 2.37.